The number of nitrogens with one attached hydrogen (secondary N) is 3. The second kappa shape index (κ2) is 12.0. The van der Waals surface area contributed by atoms with Crippen LogP contribution in [-0.4, -0.2) is 67.3 Å². The second-order valence-electron chi connectivity index (χ2n) is 8.40. The molecule has 166 valence electrons. The van der Waals surface area contributed by atoms with Gasteiger partial charge >= 0.3 is 0 Å². The van der Waals surface area contributed by atoms with Crippen molar-refractivity contribution < 1.29 is 4.74 Å². The van der Waals surface area contributed by atoms with Crippen LogP contribution in [-0.2, 0) is 11.2 Å². The zero-order chi connectivity index (χ0) is 21.2. The molecule has 6 heteroatoms. The molecule has 0 spiro atoms. The molecule has 0 aliphatic carbocycles. The van der Waals surface area contributed by atoms with E-state index in [2.05, 4.69) is 71.8 Å². The normalized spacial score (nSPS) is 16.5. The molecular formula is C24H39N5O. The molecule has 0 radical (unpaired) electrons. The Bertz CT molecular complexity index is 777. The molecule has 1 aromatic carbocycles. The van der Waals surface area contributed by atoms with Crippen molar-refractivity contribution in [2.75, 3.05) is 39.3 Å². The molecule has 0 atom stereocenters. The maximum Gasteiger partial charge on any atom is 0.191 e. The van der Waals surface area contributed by atoms with Crippen LogP contribution >= 0.6 is 0 Å². The molecule has 1 aliphatic rings. The number of para-hydroxylation sites is 1. The van der Waals surface area contributed by atoms with E-state index in [0.717, 1.165) is 71.0 Å². The minimum atomic E-state index is 0.319. The molecule has 1 aromatic heterocycles. The molecule has 3 rings (SSSR count). The van der Waals surface area contributed by atoms with Crippen LogP contribution in [0.25, 0.3) is 10.9 Å². The molecule has 1 saturated heterocycles. The average molecular weight is 414 g/mol. The zero-order valence-electron chi connectivity index (χ0n) is 18.9. The van der Waals surface area contributed by atoms with Crippen LogP contribution < -0.4 is 10.6 Å². The Kier molecular flexibility index (Phi) is 9.02. The molecule has 1 fully saturated rings. The van der Waals surface area contributed by atoms with Crippen LogP contribution in [0, 0.1) is 0 Å². The van der Waals surface area contributed by atoms with E-state index in [1.807, 2.05) is 0 Å². The van der Waals surface area contributed by atoms with E-state index < -0.39 is 0 Å². The van der Waals surface area contributed by atoms with Gasteiger partial charge in [0, 0.05) is 55.9 Å². The van der Waals surface area contributed by atoms with E-state index in [1.54, 1.807) is 0 Å². The molecule has 0 unspecified atom stereocenters. The van der Waals surface area contributed by atoms with E-state index in [-0.39, 0.29) is 0 Å². The first-order valence-electron chi connectivity index (χ1n) is 11.6. The number of aliphatic imine (C=N–C) groups is 1. The number of aromatic nitrogens is 1. The summed E-state index contributed by atoms with van der Waals surface area (Å²) in [5, 5.41) is 8.39. The van der Waals surface area contributed by atoms with Gasteiger partial charge in [0.05, 0.1) is 12.7 Å². The highest BCUT2D eigenvalue weighted by Gasteiger charge is 2.19. The lowest BCUT2D eigenvalue weighted by atomic mass is 10.1. The SMILES string of the molecule is CCNC(=NCCCc1c[nH]c2ccccc12)NC1CCN(CCOC(C)C)CC1. The van der Waals surface area contributed by atoms with E-state index in [0.29, 0.717) is 12.1 Å². The quantitative estimate of drug-likeness (QED) is 0.317. The lowest BCUT2D eigenvalue weighted by Gasteiger charge is -2.33. The van der Waals surface area contributed by atoms with Gasteiger partial charge in [-0.1, -0.05) is 18.2 Å². The van der Waals surface area contributed by atoms with Crippen molar-refractivity contribution in [3.63, 3.8) is 0 Å². The summed E-state index contributed by atoms with van der Waals surface area (Å²) < 4.78 is 5.68. The summed E-state index contributed by atoms with van der Waals surface area (Å²) in [6.45, 7) is 12.2. The van der Waals surface area contributed by atoms with Gasteiger partial charge in [-0.2, -0.15) is 0 Å². The van der Waals surface area contributed by atoms with E-state index in [4.69, 9.17) is 9.73 Å². The molecule has 2 aromatic rings. The van der Waals surface area contributed by atoms with Gasteiger partial charge in [0.25, 0.3) is 0 Å². The van der Waals surface area contributed by atoms with Gasteiger partial charge in [-0.3, -0.25) is 4.99 Å². The van der Waals surface area contributed by atoms with Crippen molar-refractivity contribution >= 4 is 16.9 Å². The van der Waals surface area contributed by atoms with Crippen molar-refractivity contribution in [2.24, 2.45) is 4.99 Å². The minimum Gasteiger partial charge on any atom is -0.377 e. The molecule has 2 heterocycles. The first-order chi connectivity index (χ1) is 14.7. The summed E-state index contributed by atoms with van der Waals surface area (Å²) in [4.78, 5) is 10.7. The summed E-state index contributed by atoms with van der Waals surface area (Å²) in [5.41, 5.74) is 2.60. The van der Waals surface area contributed by atoms with Gasteiger partial charge < -0.3 is 25.3 Å². The smallest absolute Gasteiger partial charge is 0.191 e. The fourth-order valence-electron chi connectivity index (χ4n) is 4.03. The Morgan fingerprint density at radius 2 is 2.07 bits per heavy atom. The fourth-order valence-corrected chi connectivity index (χ4v) is 4.03. The third-order valence-electron chi connectivity index (χ3n) is 5.68. The van der Waals surface area contributed by atoms with Gasteiger partial charge in [-0.05, 0) is 58.1 Å². The molecule has 6 nitrogen and oxygen atoms in total. The van der Waals surface area contributed by atoms with Gasteiger partial charge in [0.2, 0.25) is 0 Å². The maximum atomic E-state index is 5.68. The first kappa shape index (κ1) is 22.6. The van der Waals surface area contributed by atoms with Gasteiger partial charge in [-0.25, -0.2) is 0 Å². The number of hydrogen-bond donors (Lipinski definition) is 3. The number of aryl methyl sites for hydroxylation is 1. The molecule has 0 amide bonds. The number of nitrogens with zero attached hydrogens (tertiary/aromatic N) is 2. The summed E-state index contributed by atoms with van der Waals surface area (Å²) in [5.74, 6) is 0.956. The number of likely N-dealkylation sites (tertiary alicyclic amines) is 1. The third kappa shape index (κ3) is 7.03. The Morgan fingerprint density at radius 3 is 2.83 bits per heavy atom. The largest absolute Gasteiger partial charge is 0.377 e. The van der Waals surface area contributed by atoms with Crippen molar-refractivity contribution in [2.45, 2.75) is 58.6 Å². The Morgan fingerprint density at radius 1 is 1.27 bits per heavy atom. The van der Waals surface area contributed by atoms with Crippen LogP contribution in [0.2, 0.25) is 0 Å². The molecular weight excluding hydrogens is 374 g/mol. The highest BCUT2D eigenvalue weighted by atomic mass is 16.5. The number of H-pyrrole nitrogens is 1. The lowest BCUT2D eigenvalue weighted by molar-refractivity contribution is 0.0532. The van der Waals surface area contributed by atoms with Gasteiger partial charge in [0.15, 0.2) is 5.96 Å². The molecule has 0 bridgehead atoms. The standard InChI is InChI=1S/C24H39N5O/c1-4-25-24(28-21-11-14-29(15-12-21)16-17-30-19(2)3)26-13-7-8-20-18-27-23-10-6-5-9-22(20)23/h5-6,9-10,18-19,21,27H,4,7-8,11-17H2,1-3H3,(H2,25,26,28). The van der Waals surface area contributed by atoms with Crippen LogP contribution in [0.5, 0.6) is 0 Å². The first-order valence-corrected chi connectivity index (χ1v) is 11.6. The second-order valence-corrected chi connectivity index (χ2v) is 8.40. The number of benzene rings is 1. The fraction of sp³-hybridized carbons (Fsp3) is 0.625. The van der Waals surface area contributed by atoms with E-state index in [1.165, 1.54) is 16.5 Å². The van der Waals surface area contributed by atoms with Crippen LogP contribution in [0.4, 0.5) is 0 Å². The molecule has 1 aliphatic heterocycles. The van der Waals surface area contributed by atoms with Crippen molar-refractivity contribution in [1.29, 1.82) is 0 Å². The molecule has 0 saturated carbocycles. The van der Waals surface area contributed by atoms with Crippen molar-refractivity contribution in [3.05, 3.63) is 36.0 Å². The highest BCUT2D eigenvalue weighted by molar-refractivity contribution is 5.83. The number of guanidine groups is 1. The topological polar surface area (TPSA) is 64.7 Å². The monoisotopic (exact) mass is 413 g/mol. The minimum absolute atomic E-state index is 0.319. The van der Waals surface area contributed by atoms with E-state index in [9.17, 15) is 0 Å². The number of aromatic amines is 1. The maximum absolute atomic E-state index is 5.68. The summed E-state index contributed by atoms with van der Waals surface area (Å²) >= 11 is 0. The van der Waals surface area contributed by atoms with Gasteiger partial charge in [-0.15, -0.1) is 0 Å². The summed E-state index contributed by atoms with van der Waals surface area (Å²) in [7, 11) is 0. The predicted octanol–water partition coefficient (Wildman–Crippen LogP) is 3.55. The Labute approximate surface area is 181 Å². The number of ether oxygens (including phenoxy) is 1. The van der Waals surface area contributed by atoms with Crippen molar-refractivity contribution in [1.82, 2.24) is 20.5 Å². The van der Waals surface area contributed by atoms with Crippen LogP contribution in [0.3, 0.4) is 0 Å². The summed E-state index contributed by atoms with van der Waals surface area (Å²) in [6, 6.07) is 9.00. The number of fused-ring (bicyclic) bond motifs is 1. The molecule has 3 N–H and O–H groups in total. The molecule has 30 heavy (non-hydrogen) atoms. The van der Waals surface area contributed by atoms with Gasteiger partial charge in [0.1, 0.15) is 0 Å². The number of rotatable bonds is 10. The zero-order valence-corrected chi connectivity index (χ0v) is 18.9. The van der Waals surface area contributed by atoms with Crippen molar-refractivity contribution in [3.8, 4) is 0 Å². The van der Waals surface area contributed by atoms with Crippen LogP contribution in [0.15, 0.2) is 35.5 Å². The van der Waals surface area contributed by atoms with Crippen LogP contribution in [0.1, 0.15) is 45.6 Å². The van der Waals surface area contributed by atoms with E-state index >= 15 is 0 Å². The predicted molar refractivity (Wildman–Crippen MR) is 126 cm³/mol. The lowest BCUT2D eigenvalue weighted by Crippen LogP contribution is -2.49. The summed E-state index contributed by atoms with van der Waals surface area (Å²) in [6.07, 6.45) is 6.86. The number of piperidine rings is 1. The number of hydrogen-bond acceptors (Lipinski definition) is 3. The third-order valence-corrected chi connectivity index (χ3v) is 5.68. The highest BCUT2D eigenvalue weighted by Crippen LogP contribution is 2.18. The average Bonchev–Trinajstić information content (AvgIpc) is 3.15. The Balaban J connectivity index is 1.40. The Hall–Kier alpha value is -2.05.